The lowest BCUT2D eigenvalue weighted by Crippen LogP contribution is -2.55. The van der Waals surface area contributed by atoms with Crippen molar-refractivity contribution in [3.63, 3.8) is 0 Å². The van der Waals surface area contributed by atoms with Gasteiger partial charge in [-0.1, -0.05) is 6.42 Å². The molecule has 0 bridgehead atoms. The third kappa shape index (κ3) is 4.40. The van der Waals surface area contributed by atoms with E-state index >= 15 is 0 Å². The molecule has 1 atom stereocenters. The summed E-state index contributed by atoms with van der Waals surface area (Å²) in [5, 5.41) is 0. The van der Waals surface area contributed by atoms with Crippen molar-refractivity contribution in [2.75, 3.05) is 45.9 Å². The Labute approximate surface area is 106 Å². The minimum absolute atomic E-state index is 0.173. The molecule has 0 spiro atoms. The zero-order chi connectivity index (χ0) is 13.0. The van der Waals surface area contributed by atoms with Crippen LogP contribution in [-0.4, -0.2) is 68.0 Å². The Kier molecular flexibility index (Phi) is 4.86. The van der Waals surface area contributed by atoms with Crippen LogP contribution in [0.1, 0.15) is 19.3 Å². The first-order valence-corrected chi connectivity index (χ1v) is 6.65. The topological polar surface area (TPSA) is 15.7 Å². The van der Waals surface area contributed by atoms with E-state index in [1.807, 2.05) is 0 Å². The third-order valence-electron chi connectivity index (χ3n) is 3.74. The summed E-state index contributed by atoms with van der Waals surface area (Å²) >= 11 is 0. The zero-order valence-electron chi connectivity index (χ0n) is 10.6. The predicted octanol–water partition coefficient (Wildman–Crippen LogP) is 1.74. The van der Waals surface area contributed by atoms with E-state index in [1.54, 1.807) is 0 Å². The maximum Gasteiger partial charge on any atom is 0.411 e. The molecule has 18 heavy (non-hydrogen) atoms. The van der Waals surface area contributed by atoms with Crippen LogP contribution >= 0.6 is 0 Å². The summed E-state index contributed by atoms with van der Waals surface area (Å²) in [6.45, 7) is 3.82. The second kappa shape index (κ2) is 6.21. The lowest BCUT2D eigenvalue weighted by Gasteiger charge is -2.44. The first-order chi connectivity index (χ1) is 8.54. The summed E-state index contributed by atoms with van der Waals surface area (Å²) in [6.07, 6.45) is -0.424. The molecule has 2 aliphatic rings. The average Bonchev–Trinajstić information content (AvgIpc) is 2.33. The maximum absolute atomic E-state index is 11.9. The van der Waals surface area contributed by atoms with Gasteiger partial charge in [0.05, 0.1) is 6.61 Å². The Bertz CT molecular complexity index is 260. The number of rotatable bonds is 4. The highest BCUT2D eigenvalue weighted by Gasteiger charge is 2.29. The van der Waals surface area contributed by atoms with Crippen LogP contribution in [0.5, 0.6) is 0 Å². The number of ether oxygens (including phenoxy) is 1. The van der Waals surface area contributed by atoms with Gasteiger partial charge in [0.2, 0.25) is 0 Å². The molecule has 2 aliphatic heterocycles. The van der Waals surface area contributed by atoms with Gasteiger partial charge >= 0.3 is 6.18 Å². The van der Waals surface area contributed by atoms with Gasteiger partial charge in [-0.3, -0.25) is 9.80 Å². The standard InChI is InChI=1S/C12H21F3N2O/c13-12(14,15)10-18-8-7-16-5-6-17-4-2-1-3-11(17)9-16/h11H,1-10H2. The lowest BCUT2D eigenvalue weighted by molar-refractivity contribution is -0.175. The van der Waals surface area contributed by atoms with E-state index in [0.29, 0.717) is 12.6 Å². The Morgan fingerprint density at radius 1 is 1.11 bits per heavy atom. The molecule has 0 aromatic heterocycles. The van der Waals surface area contributed by atoms with Crippen LogP contribution in [0, 0.1) is 0 Å². The van der Waals surface area contributed by atoms with Gasteiger partial charge in [0.1, 0.15) is 6.61 Å². The molecule has 2 rings (SSSR count). The highest BCUT2D eigenvalue weighted by molar-refractivity contribution is 4.84. The van der Waals surface area contributed by atoms with Crippen molar-refractivity contribution in [1.82, 2.24) is 9.80 Å². The fourth-order valence-corrected chi connectivity index (χ4v) is 2.80. The first-order valence-electron chi connectivity index (χ1n) is 6.65. The van der Waals surface area contributed by atoms with Gasteiger partial charge in [-0.25, -0.2) is 0 Å². The summed E-state index contributed by atoms with van der Waals surface area (Å²) in [5.74, 6) is 0. The van der Waals surface area contributed by atoms with Gasteiger partial charge in [-0.15, -0.1) is 0 Å². The minimum atomic E-state index is -4.21. The number of hydrogen-bond acceptors (Lipinski definition) is 3. The van der Waals surface area contributed by atoms with E-state index in [9.17, 15) is 13.2 Å². The largest absolute Gasteiger partial charge is 0.411 e. The van der Waals surface area contributed by atoms with Crippen molar-refractivity contribution >= 4 is 0 Å². The Balaban J connectivity index is 1.62. The van der Waals surface area contributed by atoms with Gasteiger partial charge < -0.3 is 4.74 Å². The van der Waals surface area contributed by atoms with Crippen LogP contribution in [0.15, 0.2) is 0 Å². The highest BCUT2D eigenvalue weighted by Crippen LogP contribution is 2.21. The fraction of sp³-hybridized carbons (Fsp3) is 1.00. The van der Waals surface area contributed by atoms with Crippen LogP contribution in [0.4, 0.5) is 13.2 Å². The summed E-state index contributed by atoms with van der Waals surface area (Å²) < 4.78 is 40.3. The van der Waals surface area contributed by atoms with Gasteiger partial charge in [-0.2, -0.15) is 13.2 Å². The van der Waals surface area contributed by atoms with E-state index in [2.05, 4.69) is 14.5 Å². The number of piperazine rings is 1. The second-order valence-electron chi connectivity index (χ2n) is 5.15. The van der Waals surface area contributed by atoms with Crippen LogP contribution in [0.2, 0.25) is 0 Å². The molecule has 106 valence electrons. The number of hydrogen-bond donors (Lipinski definition) is 0. The van der Waals surface area contributed by atoms with Crippen molar-refractivity contribution < 1.29 is 17.9 Å². The zero-order valence-corrected chi connectivity index (χ0v) is 10.6. The molecule has 0 saturated carbocycles. The minimum Gasteiger partial charge on any atom is -0.371 e. The molecule has 2 fully saturated rings. The van der Waals surface area contributed by atoms with E-state index in [0.717, 1.165) is 19.6 Å². The fourth-order valence-electron chi connectivity index (χ4n) is 2.80. The van der Waals surface area contributed by atoms with Crippen LogP contribution in [-0.2, 0) is 4.74 Å². The number of fused-ring (bicyclic) bond motifs is 1. The normalized spacial score (nSPS) is 27.2. The monoisotopic (exact) mass is 266 g/mol. The molecule has 0 aromatic carbocycles. The SMILES string of the molecule is FC(F)(F)COCCN1CCN2CCCCC2C1. The van der Waals surface area contributed by atoms with E-state index < -0.39 is 12.8 Å². The number of halogens is 3. The predicted molar refractivity (Wildman–Crippen MR) is 62.5 cm³/mol. The summed E-state index contributed by atoms with van der Waals surface area (Å²) in [7, 11) is 0. The molecule has 0 amide bonds. The Morgan fingerprint density at radius 2 is 1.94 bits per heavy atom. The molecule has 0 radical (unpaired) electrons. The molecule has 0 aromatic rings. The number of piperidine rings is 1. The lowest BCUT2D eigenvalue weighted by atomic mass is 9.99. The maximum atomic E-state index is 11.9. The quantitative estimate of drug-likeness (QED) is 0.721. The molecule has 3 nitrogen and oxygen atoms in total. The first kappa shape index (κ1) is 14.1. The van der Waals surface area contributed by atoms with Crippen molar-refractivity contribution in [3.8, 4) is 0 Å². The van der Waals surface area contributed by atoms with Gasteiger partial charge in [-0.05, 0) is 19.4 Å². The van der Waals surface area contributed by atoms with Crippen molar-refractivity contribution in [1.29, 1.82) is 0 Å². The average molecular weight is 266 g/mol. The van der Waals surface area contributed by atoms with E-state index in [4.69, 9.17) is 0 Å². The van der Waals surface area contributed by atoms with Crippen LogP contribution < -0.4 is 0 Å². The third-order valence-corrected chi connectivity index (χ3v) is 3.74. The molecule has 1 unspecified atom stereocenters. The molecule has 2 saturated heterocycles. The molecule has 6 heteroatoms. The van der Waals surface area contributed by atoms with Crippen LogP contribution in [0.25, 0.3) is 0 Å². The molecular formula is C12H21F3N2O. The molecule has 0 aliphatic carbocycles. The van der Waals surface area contributed by atoms with Gasteiger partial charge in [0.15, 0.2) is 0 Å². The van der Waals surface area contributed by atoms with E-state index in [-0.39, 0.29) is 6.61 Å². The smallest absolute Gasteiger partial charge is 0.371 e. The van der Waals surface area contributed by atoms with Crippen molar-refractivity contribution in [2.24, 2.45) is 0 Å². The van der Waals surface area contributed by atoms with Crippen molar-refractivity contribution in [2.45, 2.75) is 31.5 Å². The molecule has 0 N–H and O–H groups in total. The van der Waals surface area contributed by atoms with Crippen molar-refractivity contribution in [3.05, 3.63) is 0 Å². The number of nitrogens with zero attached hydrogens (tertiary/aromatic N) is 2. The summed E-state index contributed by atoms with van der Waals surface area (Å²) in [6, 6.07) is 0.607. The Morgan fingerprint density at radius 3 is 2.72 bits per heavy atom. The van der Waals surface area contributed by atoms with Crippen LogP contribution in [0.3, 0.4) is 0 Å². The summed E-state index contributed by atoms with van der Waals surface area (Å²) in [5.41, 5.74) is 0. The molecule has 2 heterocycles. The second-order valence-corrected chi connectivity index (χ2v) is 5.15. The van der Waals surface area contributed by atoms with Gasteiger partial charge in [0, 0.05) is 32.2 Å². The highest BCUT2D eigenvalue weighted by atomic mass is 19.4. The Hall–Kier alpha value is -0.330. The van der Waals surface area contributed by atoms with E-state index in [1.165, 1.54) is 25.8 Å². The summed E-state index contributed by atoms with van der Waals surface area (Å²) in [4.78, 5) is 4.74. The molecular weight excluding hydrogens is 245 g/mol. The van der Waals surface area contributed by atoms with Gasteiger partial charge in [0.25, 0.3) is 0 Å². The number of alkyl halides is 3.